The first kappa shape index (κ1) is 12.8. The number of rotatable bonds is 4. The fraction of sp³-hybridized carbons (Fsp3) is 0.250. The van der Waals surface area contributed by atoms with Gasteiger partial charge in [0.1, 0.15) is 0 Å². The van der Waals surface area contributed by atoms with Gasteiger partial charge in [-0.15, -0.1) is 0 Å². The van der Waals surface area contributed by atoms with Crippen molar-refractivity contribution in [2.75, 3.05) is 6.61 Å². The molecule has 0 saturated heterocycles. The highest BCUT2D eigenvalue weighted by Crippen LogP contribution is 2.34. The first-order chi connectivity index (χ1) is 8.65. The van der Waals surface area contributed by atoms with Crippen molar-refractivity contribution in [3.63, 3.8) is 0 Å². The van der Waals surface area contributed by atoms with Crippen molar-refractivity contribution in [1.82, 2.24) is 0 Å². The Bertz CT molecular complexity index is 437. The predicted molar refractivity (Wildman–Crippen MR) is 72.4 cm³/mol. The third-order valence-corrected chi connectivity index (χ3v) is 3.21. The summed E-state index contributed by atoms with van der Waals surface area (Å²) >= 11 is 0. The molecule has 2 heteroatoms. The SMILES string of the molecule is CC(O)(CO)C(c1ccccc1)c1ccccc1. The van der Waals surface area contributed by atoms with Crippen molar-refractivity contribution in [3.05, 3.63) is 71.8 Å². The zero-order chi connectivity index (χ0) is 13.0. The van der Waals surface area contributed by atoms with Crippen molar-refractivity contribution in [3.8, 4) is 0 Å². The van der Waals surface area contributed by atoms with Gasteiger partial charge in [0.2, 0.25) is 0 Å². The molecule has 0 aliphatic rings. The summed E-state index contributed by atoms with van der Waals surface area (Å²) in [6.07, 6.45) is 0. The molecule has 2 nitrogen and oxygen atoms in total. The zero-order valence-corrected chi connectivity index (χ0v) is 10.5. The lowest BCUT2D eigenvalue weighted by Crippen LogP contribution is -2.37. The Morgan fingerprint density at radius 2 is 1.28 bits per heavy atom. The van der Waals surface area contributed by atoms with E-state index in [1.165, 1.54) is 0 Å². The Balaban J connectivity index is 2.49. The van der Waals surface area contributed by atoms with Gasteiger partial charge < -0.3 is 10.2 Å². The van der Waals surface area contributed by atoms with E-state index >= 15 is 0 Å². The molecule has 0 amide bonds. The highest BCUT2D eigenvalue weighted by molar-refractivity contribution is 5.35. The molecule has 0 aliphatic carbocycles. The van der Waals surface area contributed by atoms with Crippen molar-refractivity contribution in [1.29, 1.82) is 0 Å². The molecule has 18 heavy (non-hydrogen) atoms. The minimum Gasteiger partial charge on any atom is -0.393 e. The number of aliphatic hydroxyl groups is 2. The quantitative estimate of drug-likeness (QED) is 0.865. The van der Waals surface area contributed by atoms with Crippen molar-refractivity contribution in [2.45, 2.75) is 18.4 Å². The standard InChI is InChI=1S/C16H18O2/c1-16(18,12-17)15(13-8-4-2-5-9-13)14-10-6-3-7-11-14/h2-11,15,17-18H,12H2,1H3. The molecule has 0 heterocycles. The molecule has 0 aromatic heterocycles. The van der Waals surface area contributed by atoms with Gasteiger partial charge in [0.05, 0.1) is 12.2 Å². The second-order valence-electron chi connectivity index (χ2n) is 4.77. The summed E-state index contributed by atoms with van der Waals surface area (Å²) in [7, 11) is 0. The average molecular weight is 242 g/mol. The second-order valence-corrected chi connectivity index (χ2v) is 4.77. The van der Waals surface area contributed by atoms with Crippen LogP contribution in [0, 0.1) is 0 Å². The molecule has 2 aromatic carbocycles. The average Bonchev–Trinajstić information content (AvgIpc) is 2.41. The topological polar surface area (TPSA) is 40.5 Å². The number of aliphatic hydroxyl groups excluding tert-OH is 1. The van der Waals surface area contributed by atoms with Crippen molar-refractivity contribution < 1.29 is 10.2 Å². The van der Waals surface area contributed by atoms with E-state index in [2.05, 4.69) is 0 Å². The number of hydrogen-bond acceptors (Lipinski definition) is 2. The van der Waals surface area contributed by atoms with Crippen molar-refractivity contribution >= 4 is 0 Å². The van der Waals surface area contributed by atoms with E-state index in [1.807, 2.05) is 60.7 Å². The first-order valence-corrected chi connectivity index (χ1v) is 6.08. The van der Waals surface area contributed by atoms with E-state index in [4.69, 9.17) is 0 Å². The molecule has 2 rings (SSSR count). The van der Waals surface area contributed by atoms with Crippen LogP contribution >= 0.6 is 0 Å². The molecule has 2 aromatic rings. The smallest absolute Gasteiger partial charge is 0.0957 e. The van der Waals surface area contributed by atoms with E-state index < -0.39 is 5.60 Å². The maximum atomic E-state index is 10.4. The first-order valence-electron chi connectivity index (χ1n) is 6.08. The molecule has 0 fully saturated rings. The predicted octanol–water partition coefficient (Wildman–Crippen LogP) is 2.56. The molecule has 0 radical (unpaired) electrons. The molecule has 0 aliphatic heterocycles. The molecular formula is C16H18O2. The van der Waals surface area contributed by atoms with Crippen LogP contribution in [0.25, 0.3) is 0 Å². The highest BCUT2D eigenvalue weighted by Gasteiger charge is 2.33. The van der Waals surface area contributed by atoms with E-state index in [9.17, 15) is 10.2 Å². The van der Waals surface area contributed by atoms with Gasteiger partial charge in [-0.25, -0.2) is 0 Å². The van der Waals surface area contributed by atoms with Crippen LogP contribution in [-0.4, -0.2) is 22.4 Å². The van der Waals surface area contributed by atoms with Crippen LogP contribution in [0.5, 0.6) is 0 Å². The van der Waals surface area contributed by atoms with Gasteiger partial charge in [0.25, 0.3) is 0 Å². The third kappa shape index (κ3) is 2.61. The summed E-state index contributed by atoms with van der Waals surface area (Å²) in [5.74, 6) is -0.232. The fourth-order valence-corrected chi connectivity index (χ4v) is 2.29. The molecule has 0 bridgehead atoms. The van der Waals surface area contributed by atoms with Crippen LogP contribution in [0.1, 0.15) is 24.0 Å². The van der Waals surface area contributed by atoms with Crippen LogP contribution in [0.4, 0.5) is 0 Å². The normalized spacial score (nSPS) is 14.4. The Kier molecular flexibility index (Phi) is 3.80. The summed E-state index contributed by atoms with van der Waals surface area (Å²) in [6, 6.07) is 19.6. The zero-order valence-electron chi connectivity index (χ0n) is 10.5. The van der Waals surface area contributed by atoms with E-state index in [0.717, 1.165) is 11.1 Å². The van der Waals surface area contributed by atoms with Gasteiger partial charge in [-0.05, 0) is 18.1 Å². The van der Waals surface area contributed by atoms with Gasteiger partial charge in [0.15, 0.2) is 0 Å². The van der Waals surface area contributed by atoms with Crippen LogP contribution in [0.3, 0.4) is 0 Å². The van der Waals surface area contributed by atoms with Crippen LogP contribution < -0.4 is 0 Å². The number of benzene rings is 2. The van der Waals surface area contributed by atoms with Gasteiger partial charge in [0, 0.05) is 5.92 Å². The summed E-state index contributed by atoms with van der Waals surface area (Å²) in [5, 5.41) is 19.9. The lowest BCUT2D eigenvalue weighted by molar-refractivity contribution is -0.0116. The Morgan fingerprint density at radius 1 is 0.889 bits per heavy atom. The third-order valence-electron chi connectivity index (χ3n) is 3.21. The van der Waals surface area contributed by atoms with Crippen LogP contribution in [-0.2, 0) is 0 Å². The monoisotopic (exact) mass is 242 g/mol. The maximum Gasteiger partial charge on any atom is 0.0957 e. The van der Waals surface area contributed by atoms with E-state index in [-0.39, 0.29) is 12.5 Å². The molecule has 1 atom stereocenters. The summed E-state index contributed by atoms with van der Waals surface area (Å²) in [6.45, 7) is 1.39. The van der Waals surface area contributed by atoms with Gasteiger partial charge >= 0.3 is 0 Å². The van der Waals surface area contributed by atoms with Gasteiger partial charge in [-0.3, -0.25) is 0 Å². The van der Waals surface area contributed by atoms with E-state index in [0.29, 0.717) is 0 Å². The van der Waals surface area contributed by atoms with Crippen LogP contribution in [0.2, 0.25) is 0 Å². The van der Waals surface area contributed by atoms with Gasteiger partial charge in [-0.1, -0.05) is 60.7 Å². The Morgan fingerprint density at radius 3 is 1.61 bits per heavy atom. The minimum atomic E-state index is -1.18. The Labute approximate surface area is 108 Å². The largest absolute Gasteiger partial charge is 0.393 e. The molecule has 0 spiro atoms. The summed E-state index contributed by atoms with van der Waals surface area (Å²) in [4.78, 5) is 0. The molecule has 0 saturated carbocycles. The van der Waals surface area contributed by atoms with E-state index in [1.54, 1.807) is 6.92 Å². The summed E-state index contributed by atoms with van der Waals surface area (Å²) < 4.78 is 0. The fourth-order valence-electron chi connectivity index (χ4n) is 2.29. The molecule has 94 valence electrons. The lowest BCUT2D eigenvalue weighted by Gasteiger charge is -2.32. The van der Waals surface area contributed by atoms with Crippen molar-refractivity contribution in [2.24, 2.45) is 0 Å². The summed E-state index contributed by atoms with van der Waals surface area (Å²) in [5.41, 5.74) is 0.827. The van der Waals surface area contributed by atoms with Crippen LogP contribution in [0.15, 0.2) is 60.7 Å². The van der Waals surface area contributed by atoms with Gasteiger partial charge in [-0.2, -0.15) is 0 Å². The maximum absolute atomic E-state index is 10.4. The Hall–Kier alpha value is -1.64. The lowest BCUT2D eigenvalue weighted by atomic mass is 9.79. The molecule has 1 unspecified atom stereocenters. The molecular weight excluding hydrogens is 224 g/mol. The highest BCUT2D eigenvalue weighted by atomic mass is 16.3. The molecule has 2 N–H and O–H groups in total. The second kappa shape index (κ2) is 5.34. The minimum absolute atomic E-state index is 0.232. The number of hydrogen-bond donors (Lipinski definition) is 2.